The minimum absolute atomic E-state index is 0.141. The number of aryl methyl sites for hydroxylation is 1. The van der Waals surface area contributed by atoms with Gasteiger partial charge in [0.1, 0.15) is 5.82 Å². The van der Waals surface area contributed by atoms with Gasteiger partial charge in [-0.05, 0) is 36.8 Å². The van der Waals surface area contributed by atoms with E-state index in [1.165, 1.54) is 42.1 Å². The zero-order valence-corrected chi connectivity index (χ0v) is 14.9. The van der Waals surface area contributed by atoms with Gasteiger partial charge in [-0.25, -0.2) is 9.07 Å². The molecule has 2 aromatic carbocycles. The molecule has 7 heteroatoms. The van der Waals surface area contributed by atoms with E-state index in [0.717, 1.165) is 11.1 Å². The molecule has 0 spiro atoms. The van der Waals surface area contributed by atoms with Gasteiger partial charge in [0, 0.05) is 6.54 Å². The van der Waals surface area contributed by atoms with Crippen molar-refractivity contribution >= 4 is 5.91 Å². The molecule has 0 aliphatic carbocycles. The highest BCUT2D eigenvalue weighted by atomic mass is 19.1. The Kier molecular flexibility index (Phi) is 5.30. The number of nitrogens with zero attached hydrogens (tertiary/aromatic N) is 2. The fraction of sp³-hybridized carbons (Fsp3) is 0.150. The number of benzene rings is 2. The number of hydrogen-bond donors (Lipinski definition) is 1. The maximum Gasteiger partial charge on any atom is 0.276 e. The SMILES string of the molecule is COc1cc(=O)c(C(=O)NCc2cccc(C)c2)nn1-c1ccc(F)cc1. The third-order valence-corrected chi connectivity index (χ3v) is 3.93. The first-order valence-corrected chi connectivity index (χ1v) is 8.26. The van der Waals surface area contributed by atoms with E-state index in [1.807, 2.05) is 31.2 Å². The monoisotopic (exact) mass is 367 g/mol. The van der Waals surface area contributed by atoms with Gasteiger partial charge >= 0.3 is 0 Å². The van der Waals surface area contributed by atoms with E-state index >= 15 is 0 Å². The average molecular weight is 367 g/mol. The molecule has 0 fully saturated rings. The zero-order chi connectivity index (χ0) is 19.4. The van der Waals surface area contributed by atoms with Crippen molar-refractivity contribution in [3.05, 3.63) is 87.5 Å². The highest BCUT2D eigenvalue weighted by Crippen LogP contribution is 2.15. The fourth-order valence-electron chi connectivity index (χ4n) is 2.60. The highest BCUT2D eigenvalue weighted by Gasteiger charge is 2.17. The summed E-state index contributed by atoms with van der Waals surface area (Å²) in [4.78, 5) is 24.7. The summed E-state index contributed by atoms with van der Waals surface area (Å²) in [6.45, 7) is 2.22. The summed E-state index contributed by atoms with van der Waals surface area (Å²) in [5.74, 6) is -0.864. The normalized spacial score (nSPS) is 10.5. The molecule has 0 saturated carbocycles. The lowest BCUT2D eigenvalue weighted by atomic mass is 10.1. The van der Waals surface area contributed by atoms with Crippen molar-refractivity contribution in [1.82, 2.24) is 15.1 Å². The van der Waals surface area contributed by atoms with Crippen LogP contribution >= 0.6 is 0 Å². The van der Waals surface area contributed by atoms with Gasteiger partial charge in [0.25, 0.3) is 5.91 Å². The molecule has 1 amide bonds. The van der Waals surface area contributed by atoms with Crippen molar-refractivity contribution < 1.29 is 13.9 Å². The number of amides is 1. The third kappa shape index (κ3) is 4.20. The number of aromatic nitrogens is 2. The topological polar surface area (TPSA) is 73.2 Å². The molecule has 0 atom stereocenters. The first-order chi connectivity index (χ1) is 13.0. The quantitative estimate of drug-likeness (QED) is 0.752. The molecule has 138 valence electrons. The van der Waals surface area contributed by atoms with E-state index in [1.54, 1.807) is 0 Å². The molecule has 0 radical (unpaired) electrons. The van der Waals surface area contributed by atoms with Crippen molar-refractivity contribution in [2.75, 3.05) is 7.11 Å². The van der Waals surface area contributed by atoms with Gasteiger partial charge in [-0.15, -0.1) is 0 Å². The molecular formula is C20H18FN3O3. The van der Waals surface area contributed by atoms with Gasteiger partial charge in [0.15, 0.2) is 5.69 Å². The van der Waals surface area contributed by atoms with Gasteiger partial charge in [-0.1, -0.05) is 29.8 Å². The Bertz CT molecular complexity index is 1030. The van der Waals surface area contributed by atoms with Crippen LogP contribution in [-0.4, -0.2) is 22.8 Å². The van der Waals surface area contributed by atoms with Crippen molar-refractivity contribution in [3.63, 3.8) is 0 Å². The Hall–Kier alpha value is -3.48. The van der Waals surface area contributed by atoms with Crippen LogP contribution < -0.4 is 15.5 Å². The van der Waals surface area contributed by atoms with Crippen LogP contribution in [0.4, 0.5) is 4.39 Å². The molecule has 1 aromatic heterocycles. The van der Waals surface area contributed by atoms with Gasteiger partial charge in [0.2, 0.25) is 11.3 Å². The van der Waals surface area contributed by atoms with Crippen molar-refractivity contribution in [1.29, 1.82) is 0 Å². The lowest BCUT2D eigenvalue weighted by molar-refractivity contribution is 0.0942. The van der Waals surface area contributed by atoms with Crippen molar-refractivity contribution in [3.8, 4) is 11.6 Å². The minimum Gasteiger partial charge on any atom is -0.481 e. The average Bonchev–Trinajstić information content (AvgIpc) is 2.66. The Labute approximate surface area is 155 Å². The summed E-state index contributed by atoms with van der Waals surface area (Å²) in [5, 5.41) is 6.81. The summed E-state index contributed by atoms with van der Waals surface area (Å²) in [7, 11) is 1.38. The third-order valence-electron chi connectivity index (χ3n) is 3.93. The van der Waals surface area contributed by atoms with Crippen LogP contribution in [0.3, 0.4) is 0 Å². The van der Waals surface area contributed by atoms with Gasteiger partial charge in [-0.2, -0.15) is 5.10 Å². The maximum atomic E-state index is 13.2. The molecule has 3 aromatic rings. The second kappa shape index (κ2) is 7.82. The second-order valence-corrected chi connectivity index (χ2v) is 5.96. The van der Waals surface area contributed by atoms with Crippen molar-refractivity contribution in [2.24, 2.45) is 0 Å². The van der Waals surface area contributed by atoms with E-state index in [4.69, 9.17) is 4.74 Å². The van der Waals surface area contributed by atoms with E-state index in [0.29, 0.717) is 5.69 Å². The van der Waals surface area contributed by atoms with Crippen LogP contribution in [0.2, 0.25) is 0 Å². The Morgan fingerprint density at radius 2 is 1.93 bits per heavy atom. The second-order valence-electron chi connectivity index (χ2n) is 5.96. The molecule has 1 N–H and O–H groups in total. The zero-order valence-electron chi connectivity index (χ0n) is 14.9. The standard InChI is InChI=1S/C20H18FN3O3/c1-13-4-3-5-14(10-13)12-22-20(26)19-17(25)11-18(27-2)24(23-19)16-8-6-15(21)7-9-16/h3-11H,12H2,1-2H3,(H,22,26). The summed E-state index contributed by atoms with van der Waals surface area (Å²) >= 11 is 0. The summed E-state index contributed by atoms with van der Waals surface area (Å²) in [6, 6.07) is 14.3. The largest absolute Gasteiger partial charge is 0.481 e. The van der Waals surface area contributed by atoms with Crippen LogP contribution in [0.5, 0.6) is 5.88 Å². The maximum absolute atomic E-state index is 13.2. The van der Waals surface area contributed by atoms with Crippen molar-refractivity contribution in [2.45, 2.75) is 13.5 Å². The molecule has 1 heterocycles. The summed E-state index contributed by atoms with van der Waals surface area (Å²) in [5.41, 5.74) is 1.61. The first kappa shape index (κ1) is 18.3. The number of carbonyl (C=O) groups is 1. The molecule has 0 saturated heterocycles. The Balaban J connectivity index is 1.90. The number of carbonyl (C=O) groups excluding carboxylic acids is 1. The Morgan fingerprint density at radius 3 is 2.59 bits per heavy atom. The summed E-state index contributed by atoms with van der Waals surface area (Å²) < 4.78 is 19.6. The Morgan fingerprint density at radius 1 is 1.19 bits per heavy atom. The van der Waals surface area contributed by atoms with Gasteiger partial charge in [-0.3, -0.25) is 9.59 Å². The van der Waals surface area contributed by atoms with E-state index in [9.17, 15) is 14.0 Å². The van der Waals surface area contributed by atoms with Gasteiger partial charge in [0.05, 0.1) is 18.9 Å². The molecule has 0 unspecified atom stereocenters. The first-order valence-electron chi connectivity index (χ1n) is 8.26. The lowest BCUT2D eigenvalue weighted by Gasteiger charge is -2.12. The molecule has 6 nitrogen and oxygen atoms in total. The number of halogens is 1. The number of rotatable bonds is 5. The van der Waals surface area contributed by atoms with Crippen LogP contribution in [-0.2, 0) is 6.54 Å². The van der Waals surface area contributed by atoms with Crippen LogP contribution in [0.15, 0.2) is 59.4 Å². The van der Waals surface area contributed by atoms with E-state index in [2.05, 4.69) is 10.4 Å². The van der Waals surface area contributed by atoms with E-state index in [-0.39, 0.29) is 18.1 Å². The predicted molar refractivity (Wildman–Crippen MR) is 98.7 cm³/mol. The molecule has 0 aliphatic heterocycles. The van der Waals surface area contributed by atoms with E-state index < -0.39 is 17.2 Å². The summed E-state index contributed by atoms with van der Waals surface area (Å²) in [6.07, 6.45) is 0. The predicted octanol–water partition coefficient (Wildman–Crippen LogP) is 2.62. The highest BCUT2D eigenvalue weighted by molar-refractivity contribution is 5.92. The number of ether oxygens (including phenoxy) is 1. The number of hydrogen-bond acceptors (Lipinski definition) is 4. The fourth-order valence-corrected chi connectivity index (χ4v) is 2.60. The van der Waals surface area contributed by atoms with Crippen LogP contribution in [0.1, 0.15) is 21.6 Å². The lowest BCUT2D eigenvalue weighted by Crippen LogP contribution is -2.31. The van der Waals surface area contributed by atoms with Gasteiger partial charge < -0.3 is 10.1 Å². The molecule has 0 bridgehead atoms. The number of nitrogens with one attached hydrogen (secondary N) is 1. The molecule has 27 heavy (non-hydrogen) atoms. The minimum atomic E-state index is -0.597. The van der Waals surface area contributed by atoms with Crippen LogP contribution in [0, 0.1) is 12.7 Å². The molecular weight excluding hydrogens is 349 g/mol. The smallest absolute Gasteiger partial charge is 0.276 e. The number of methoxy groups -OCH3 is 1. The van der Waals surface area contributed by atoms with Crippen LogP contribution in [0.25, 0.3) is 5.69 Å². The molecule has 0 aliphatic rings. The molecule has 3 rings (SSSR count).